The average molecular weight is 291 g/mol. The van der Waals surface area contributed by atoms with E-state index in [4.69, 9.17) is 0 Å². The molecule has 0 aromatic heterocycles. The molecule has 21 heavy (non-hydrogen) atoms. The number of nitriles is 1. The van der Waals surface area contributed by atoms with E-state index in [1.807, 2.05) is 0 Å². The Morgan fingerprint density at radius 3 is 2.76 bits per heavy atom. The van der Waals surface area contributed by atoms with Crippen molar-refractivity contribution in [2.75, 3.05) is 19.6 Å². The van der Waals surface area contributed by atoms with Crippen molar-refractivity contribution in [2.24, 2.45) is 11.8 Å². The summed E-state index contributed by atoms with van der Waals surface area (Å²) in [7, 11) is 0. The molecule has 1 aliphatic heterocycles. The third-order valence-corrected chi connectivity index (χ3v) is 5.68. The first-order valence-electron chi connectivity index (χ1n) is 9.00. The van der Waals surface area contributed by atoms with Crippen molar-refractivity contribution in [3.8, 4) is 6.07 Å². The summed E-state index contributed by atoms with van der Waals surface area (Å²) in [6.07, 6.45) is 8.41. The third kappa shape index (κ3) is 4.20. The molecule has 1 aliphatic carbocycles. The normalized spacial score (nSPS) is 34.8. The lowest BCUT2D eigenvalue weighted by molar-refractivity contribution is 0.194. The molecular weight excluding hydrogens is 258 g/mol. The van der Waals surface area contributed by atoms with E-state index in [2.05, 4.69) is 37.1 Å². The van der Waals surface area contributed by atoms with E-state index in [9.17, 15) is 5.26 Å². The van der Waals surface area contributed by atoms with Gasteiger partial charge >= 0.3 is 0 Å². The van der Waals surface area contributed by atoms with Gasteiger partial charge in [-0.15, -0.1) is 0 Å². The maximum absolute atomic E-state index is 9.60. The van der Waals surface area contributed by atoms with E-state index in [-0.39, 0.29) is 5.54 Å². The van der Waals surface area contributed by atoms with Gasteiger partial charge in [-0.1, -0.05) is 20.8 Å². The van der Waals surface area contributed by atoms with Gasteiger partial charge in [-0.2, -0.15) is 5.26 Å². The molecule has 0 radical (unpaired) electrons. The Morgan fingerprint density at radius 2 is 2.10 bits per heavy atom. The second kappa shape index (κ2) is 7.61. The Morgan fingerprint density at radius 1 is 1.29 bits per heavy atom. The minimum absolute atomic E-state index is 0.246. The van der Waals surface area contributed by atoms with Crippen LogP contribution in [0.2, 0.25) is 0 Å². The van der Waals surface area contributed by atoms with Crippen LogP contribution in [0.3, 0.4) is 0 Å². The SMILES string of the molecule is CCCNC1(C#N)CCC(N2CCCC(C(C)C)CC2)C1. The molecule has 3 nitrogen and oxygen atoms in total. The van der Waals surface area contributed by atoms with Crippen molar-refractivity contribution >= 4 is 0 Å². The van der Waals surface area contributed by atoms with E-state index in [1.54, 1.807) is 0 Å². The lowest BCUT2D eigenvalue weighted by Crippen LogP contribution is -2.44. The zero-order chi connectivity index (χ0) is 15.3. The highest BCUT2D eigenvalue weighted by Crippen LogP contribution is 2.35. The lowest BCUT2D eigenvalue weighted by atomic mass is 9.89. The molecule has 3 atom stereocenters. The highest BCUT2D eigenvalue weighted by Gasteiger charge is 2.41. The van der Waals surface area contributed by atoms with Gasteiger partial charge in [0.2, 0.25) is 0 Å². The second-order valence-corrected chi connectivity index (χ2v) is 7.49. The largest absolute Gasteiger partial charge is 0.300 e. The van der Waals surface area contributed by atoms with E-state index in [0.717, 1.165) is 37.6 Å². The molecule has 0 amide bonds. The summed E-state index contributed by atoms with van der Waals surface area (Å²) in [5.41, 5.74) is -0.246. The summed E-state index contributed by atoms with van der Waals surface area (Å²) in [6, 6.07) is 3.21. The number of hydrogen-bond acceptors (Lipinski definition) is 3. The van der Waals surface area contributed by atoms with Crippen LogP contribution in [0, 0.1) is 23.2 Å². The molecule has 0 aromatic rings. The van der Waals surface area contributed by atoms with Gasteiger partial charge in [0, 0.05) is 6.04 Å². The van der Waals surface area contributed by atoms with Crippen molar-refractivity contribution < 1.29 is 0 Å². The first kappa shape index (κ1) is 16.8. The molecule has 2 rings (SSSR count). The Bertz CT molecular complexity index is 360. The van der Waals surface area contributed by atoms with Crippen LogP contribution in [0.15, 0.2) is 0 Å². The van der Waals surface area contributed by atoms with Crippen molar-refractivity contribution in [3.05, 3.63) is 0 Å². The van der Waals surface area contributed by atoms with Crippen LogP contribution in [0.4, 0.5) is 0 Å². The quantitative estimate of drug-likeness (QED) is 0.842. The van der Waals surface area contributed by atoms with Gasteiger partial charge in [0.1, 0.15) is 5.54 Å². The molecule has 2 fully saturated rings. The molecule has 1 saturated carbocycles. The molecule has 0 aromatic carbocycles. The van der Waals surface area contributed by atoms with Crippen molar-refractivity contribution in [1.82, 2.24) is 10.2 Å². The predicted octanol–water partition coefficient (Wildman–Crippen LogP) is 3.56. The minimum atomic E-state index is -0.246. The number of hydrogen-bond donors (Lipinski definition) is 1. The second-order valence-electron chi connectivity index (χ2n) is 7.49. The Kier molecular flexibility index (Phi) is 6.08. The van der Waals surface area contributed by atoms with E-state index >= 15 is 0 Å². The molecule has 1 N–H and O–H groups in total. The van der Waals surface area contributed by atoms with Gasteiger partial charge in [-0.25, -0.2) is 0 Å². The molecule has 1 heterocycles. The number of rotatable bonds is 5. The first-order valence-corrected chi connectivity index (χ1v) is 9.00. The fraction of sp³-hybridized carbons (Fsp3) is 0.944. The van der Waals surface area contributed by atoms with Crippen LogP contribution in [0.25, 0.3) is 0 Å². The number of likely N-dealkylation sites (tertiary alicyclic amines) is 1. The molecule has 2 aliphatic rings. The topological polar surface area (TPSA) is 39.1 Å². The molecule has 3 unspecified atom stereocenters. The zero-order valence-corrected chi connectivity index (χ0v) is 14.2. The summed E-state index contributed by atoms with van der Waals surface area (Å²) < 4.78 is 0. The Balaban J connectivity index is 1.90. The van der Waals surface area contributed by atoms with Crippen LogP contribution in [0.5, 0.6) is 0 Å². The van der Waals surface area contributed by atoms with Crippen molar-refractivity contribution in [2.45, 2.75) is 77.3 Å². The maximum Gasteiger partial charge on any atom is 0.108 e. The summed E-state index contributed by atoms with van der Waals surface area (Å²) in [5.74, 6) is 1.72. The highest BCUT2D eigenvalue weighted by molar-refractivity contribution is 5.13. The van der Waals surface area contributed by atoms with E-state index < -0.39 is 0 Å². The molecule has 1 saturated heterocycles. The highest BCUT2D eigenvalue weighted by atomic mass is 15.2. The smallest absolute Gasteiger partial charge is 0.108 e. The zero-order valence-electron chi connectivity index (χ0n) is 14.2. The van der Waals surface area contributed by atoms with Crippen LogP contribution in [-0.2, 0) is 0 Å². The monoisotopic (exact) mass is 291 g/mol. The van der Waals surface area contributed by atoms with Gasteiger partial charge in [0.05, 0.1) is 6.07 Å². The fourth-order valence-corrected chi connectivity index (χ4v) is 4.17. The van der Waals surface area contributed by atoms with Crippen LogP contribution in [0.1, 0.15) is 65.7 Å². The summed E-state index contributed by atoms with van der Waals surface area (Å²) in [4.78, 5) is 2.69. The summed E-state index contributed by atoms with van der Waals surface area (Å²) >= 11 is 0. The Labute approximate surface area is 131 Å². The minimum Gasteiger partial charge on any atom is -0.300 e. The third-order valence-electron chi connectivity index (χ3n) is 5.68. The van der Waals surface area contributed by atoms with E-state index in [1.165, 1.54) is 38.8 Å². The number of nitrogens with zero attached hydrogens (tertiary/aromatic N) is 2. The van der Waals surface area contributed by atoms with Crippen molar-refractivity contribution in [3.63, 3.8) is 0 Å². The van der Waals surface area contributed by atoms with Crippen molar-refractivity contribution in [1.29, 1.82) is 5.26 Å². The van der Waals surface area contributed by atoms with E-state index in [0.29, 0.717) is 6.04 Å². The summed E-state index contributed by atoms with van der Waals surface area (Å²) in [6.45, 7) is 10.4. The molecule has 120 valence electrons. The maximum atomic E-state index is 9.60. The van der Waals surface area contributed by atoms with Crippen LogP contribution >= 0.6 is 0 Å². The van der Waals surface area contributed by atoms with Gasteiger partial charge in [-0.3, -0.25) is 5.32 Å². The van der Waals surface area contributed by atoms with Gasteiger partial charge in [0.25, 0.3) is 0 Å². The van der Waals surface area contributed by atoms with Gasteiger partial charge in [0.15, 0.2) is 0 Å². The average Bonchev–Trinajstić information content (AvgIpc) is 2.74. The molecular formula is C18H33N3. The van der Waals surface area contributed by atoms with Crippen LogP contribution in [-0.4, -0.2) is 36.1 Å². The standard InChI is InChI=1S/C18H33N3/c1-4-10-20-18(14-19)9-7-17(13-18)21-11-5-6-16(8-12-21)15(2)3/h15-17,20H,4-13H2,1-3H3. The first-order chi connectivity index (χ1) is 10.1. The fourth-order valence-electron chi connectivity index (χ4n) is 4.17. The number of nitrogens with one attached hydrogen (secondary N) is 1. The Hall–Kier alpha value is -0.590. The molecule has 0 spiro atoms. The molecule has 3 heteroatoms. The van der Waals surface area contributed by atoms with Gasteiger partial charge in [-0.05, 0) is 76.4 Å². The predicted molar refractivity (Wildman–Crippen MR) is 88.0 cm³/mol. The molecule has 0 bridgehead atoms. The summed E-state index contributed by atoms with van der Waals surface area (Å²) in [5, 5.41) is 13.1. The van der Waals surface area contributed by atoms with Crippen LogP contribution < -0.4 is 5.32 Å². The lowest BCUT2D eigenvalue weighted by Gasteiger charge is -2.29. The van der Waals surface area contributed by atoms with Gasteiger partial charge < -0.3 is 4.90 Å².